The van der Waals surface area contributed by atoms with E-state index in [4.69, 9.17) is 0 Å². The zero-order chi connectivity index (χ0) is 24.7. The standard InChI is InChI=1S/C26H28N4O4S/c31-25(20-10-8-15-24(18-20)35(33,34)30-16-6-1-2-7-17-30)27-22-13-9-14-23(19-22)29-26(32)28-21-11-4-3-5-12-21/h3-5,8-15,18-19H,1-2,6-7,16-17H2,(H,27,31)(H2,28,29,32). The highest BCUT2D eigenvalue weighted by Crippen LogP contribution is 2.22. The molecule has 1 aliphatic rings. The smallest absolute Gasteiger partial charge is 0.322 e. The van der Waals surface area contributed by atoms with Crippen molar-refractivity contribution >= 4 is 39.0 Å². The molecule has 35 heavy (non-hydrogen) atoms. The summed E-state index contributed by atoms with van der Waals surface area (Å²) in [5, 5.41) is 8.23. The largest absolute Gasteiger partial charge is 0.323 e. The van der Waals surface area contributed by atoms with E-state index in [2.05, 4.69) is 16.0 Å². The van der Waals surface area contributed by atoms with Crippen molar-refractivity contribution in [2.24, 2.45) is 0 Å². The molecule has 0 spiro atoms. The number of urea groups is 1. The number of rotatable bonds is 6. The number of hydrogen-bond donors (Lipinski definition) is 3. The Labute approximate surface area is 205 Å². The van der Waals surface area contributed by atoms with Crippen molar-refractivity contribution in [3.8, 4) is 0 Å². The highest BCUT2D eigenvalue weighted by Gasteiger charge is 2.25. The predicted octanol–water partition coefficient (Wildman–Crippen LogP) is 5.15. The first-order chi connectivity index (χ1) is 16.9. The maximum absolute atomic E-state index is 13.1. The summed E-state index contributed by atoms with van der Waals surface area (Å²) in [4.78, 5) is 25.2. The SMILES string of the molecule is O=C(Nc1ccccc1)Nc1cccc(NC(=O)c2cccc(S(=O)(=O)N3CCCCCC3)c2)c1. The van der Waals surface area contributed by atoms with E-state index < -0.39 is 22.0 Å². The van der Waals surface area contributed by atoms with Crippen LogP contribution in [-0.2, 0) is 10.0 Å². The van der Waals surface area contributed by atoms with E-state index in [1.165, 1.54) is 16.4 Å². The Morgan fingerprint density at radius 2 is 1.26 bits per heavy atom. The minimum atomic E-state index is -3.66. The molecular formula is C26H28N4O4S. The number of carbonyl (C=O) groups is 2. The molecule has 0 saturated carbocycles. The van der Waals surface area contributed by atoms with Gasteiger partial charge < -0.3 is 16.0 Å². The van der Waals surface area contributed by atoms with E-state index in [1.807, 2.05) is 18.2 Å². The molecule has 3 aromatic rings. The van der Waals surface area contributed by atoms with Crippen LogP contribution in [0.15, 0.2) is 83.8 Å². The van der Waals surface area contributed by atoms with Crippen LogP contribution >= 0.6 is 0 Å². The van der Waals surface area contributed by atoms with Crippen LogP contribution in [-0.4, -0.2) is 37.8 Å². The summed E-state index contributed by atoms with van der Waals surface area (Å²) in [5.41, 5.74) is 1.85. The molecule has 4 rings (SSSR count). The van der Waals surface area contributed by atoms with Crippen LogP contribution < -0.4 is 16.0 Å². The Morgan fingerprint density at radius 3 is 1.97 bits per heavy atom. The van der Waals surface area contributed by atoms with Crippen LogP contribution in [0, 0.1) is 0 Å². The summed E-state index contributed by atoms with van der Waals surface area (Å²) >= 11 is 0. The van der Waals surface area contributed by atoms with Crippen molar-refractivity contribution in [2.45, 2.75) is 30.6 Å². The van der Waals surface area contributed by atoms with E-state index in [0.29, 0.717) is 30.2 Å². The zero-order valence-electron chi connectivity index (χ0n) is 19.2. The average molecular weight is 493 g/mol. The first-order valence-corrected chi connectivity index (χ1v) is 13.0. The van der Waals surface area contributed by atoms with Crippen molar-refractivity contribution in [2.75, 3.05) is 29.0 Å². The van der Waals surface area contributed by atoms with E-state index in [1.54, 1.807) is 48.5 Å². The van der Waals surface area contributed by atoms with Gasteiger partial charge in [-0.25, -0.2) is 13.2 Å². The summed E-state index contributed by atoms with van der Waals surface area (Å²) in [7, 11) is -3.66. The normalized spacial score (nSPS) is 14.5. The quantitative estimate of drug-likeness (QED) is 0.442. The Balaban J connectivity index is 1.43. The van der Waals surface area contributed by atoms with Gasteiger partial charge in [-0.2, -0.15) is 4.31 Å². The molecule has 0 radical (unpaired) electrons. The van der Waals surface area contributed by atoms with Gasteiger partial charge in [-0.3, -0.25) is 4.79 Å². The van der Waals surface area contributed by atoms with Crippen molar-refractivity contribution in [3.63, 3.8) is 0 Å². The summed E-state index contributed by atoms with van der Waals surface area (Å²) in [6, 6.07) is 21.4. The highest BCUT2D eigenvalue weighted by molar-refractivity contribution is 7.89. The first kappa shape index (κ1) is 24.4. The molecule has 0 aliphatic carbocycles. The molecule has 0 unspecified atom stereocenters. The van der Waals surface area contributed by atoms with E-state index in [9.17, 15) is 18.0 Å². The molecule has 8 nitrogen and oxygen atoms in total. The summed E-state index contributed by atoms with van der Waals surface area (Å²) < 4.78 is 27.7. The fraction of sp³-hybridized carbons (Fsp3) is 0.231. The van der Waals surface area contributed by atoms with Gasteiger partial charge in [-0.15, -0.1) is 0 Å². The van der Waals surface area contributed by atoms with Crippen molar-refractivity contribution in [3.05, 3.63) is 84.4 Å². The van der Waals surface area contributed by atoms with Gasteiger partial charge in [0.25, 0.3) is 5.91 Å². The number of benzene rings is 3. The van der Waals surface area contributed by atoms with E-state index >= 15 is 0 Å². The zero-order valence-corrected chi connectivity index (χ0v) is 20.1. The number of anilines is 3. The number of amides is 3. The first-order valence-electron chi connectivity index (χ1n) is 11.6. The second-order valence-corrected chi connectivity index (χ2v) is 10.3. The van der Waals surface area contributed by atoms with Gasteiger partial charge in [0.1, 0.15) is 0 Å². The molecule has 182 valence electrons. The minimum absolute atomic E-state index is 0.111. The molecule has 1 fully saturated rings. The summed E-state index contributed by atoms with van der Waals surface area (Å²) in [6.45, 7) is 0.993. The van der Waals surface area contributed by atoms with Gasteiger partial charge in [0.2, 0.25) is 10.0 Å². The van der Waals surface area contributed by atoms with Gasteiger partial charge >= 0.3 is 6.03 Å². The number of nitrogens with one attached hydrogen (secondary N) is 3. The lowest BCUT2D eigenvalue weighted by Crippen LogP contribution is -2.32. The Kier molecular flexibility index (Phi) is 7.79. The van der Waals surface area contributed by atoms with E-state index in [-0.39, 0.29) is 10.5 Å². The highest BCUT2D eigenvalue weighted by atomic mass is 32.2. The second-order valence-electron chi connectivity index (χ2n) is 8.33. The lowest BCUT2D eigenvalue weighted by atomic mass is 10.2. The van der Waals surface area contributed by atoms with Crippen LogP contribution in [0.4, 0.5) is 21.9 Å². The lowest BCUT2D eigenvalue weighted by Gasteiger charge is -2.20. The average Bonchev–Trinajstić information content (AvgIpc) is 3.15. The maximum Gasteiger partial charge on any atom is 0.323 e. The van der Waals surface area contributed by atoms with Crippen LogP contribution in [0.5, 0.6) is 0 Å². The molecular weight excluding hydrogens is 464 g/mol. The van der Waals surface area contributed by atoms with Crippen molar-refractivity contribution < 1.29 is 18.0 Å². The van der Waals surface area contributed by atoms with Crippen LogP contribution in [0.1, 0.15) is 36.0 Å². The Hall–Kier alpha value is -3.69. The number of nitrogens with zero attached hydrogens (tertiary/aromatic N) is 1. The topological polar surface area (TPSA) is 108 Å². The Morgan fingerprint density at radius 1 is 0.657 bits per heavy atom. The van der Waals surface area contributed by atoms with Gasteiger partial charge in [0, 0.05) is 35.7 Å². The number of carbonyl (C=O) groups excluding carboxylic acids is 2. The number of para-hydroxylation sites is 1. The molecule has 3 N–H and O–H groups in total. The second kappa shape index (κ2) is 11.2. The molecule has 0 bridgehead atoms. The summed E-state index contributed by atoms with van der Waals surface area (Å²) in [6.07, 6.45) is 3.73. The third kappa shape index (κ3) is 6.46. The summed E-state index contributed by atoms with van der Waals surface area (Å²) in [5.74, 6) is -0.441. The van der Waals surface area contributed by atoms with Gasteiger partial charge in [-0.1, -0.05) is 43.2 Å². The molecule has 1 aliphatic heterocycles. The molecule has 1 saturated heterocycles. The number of sulfonamides is 1. The maximum atomic E-state index is 13.1. The molecule has 0 atom stereocenters. The fourth-order valence-corrected chi connectivity index (χ4v) is 5.49. The monoisotopic (exact) mass is 492 g/mol. The van der Waals surface area contributed by atoms with E-state index in [0.717, 1.165) is 25.7 Å². The van der Waals surface area contributed by atoms with Gasteiger partial charge in [0.05, 0.1) is 4.90 Å². The molecule has 3 aromatic carbocycles. The predicted molar refractivity (Wildman–Crippen MR) is 137 cm³/mol. The third-order valence-corrected chi connectivity index (χ3v) is 7.60. The number of hydrogen-bond acceptors (Lipinski definition) is 4. The van der Waals surface area contributed by atoms with Gasteiger partial charge in [-0.05, 0) is 61.4 Å². The fourth-order valence-electron chi connectivity index (χ4n) is 3.92. The van der Waals surface area contributed by atoms with Gasteiger partial charge in [0.15, 0.2) is 0 Å². The molecule has 1 heterocycles. The van der Waals surface area contributed by atoms with Crippen molar-refractivity contribution in [1.29, 1.82) is 0 Å². The van der Waals surface area contributed by atoms with Crippen LogP contribution in [0.3, 0.4) is 0 Å². The molecule has 9 heteroatoms. The third-order valence-electron chi connectivity index (χ3n) is 5.71. The molecule has 3 amide bonds. The molecule has 0 aromatic heterocycles. The minimum Gasteiger partial charge on any atom is -0.322 e. The van der Waals surface area contributed by atoms with Crippen molar-refractivity contribution in [1.82, 2.24) is 4.31 Å². The Bertz CT molecular complexity index is 1290. The van der Waals surface area contributed by atoms with Crippen LogP contribution in [0.25, 0.3) is 0 Å². The van der Waals surface area contributed by atoms with Crippen LogP contribution in [0.2, 0.25) is 0 Å². The lowest BCUT2D eigenvalue weighted by molar-refractivity contribution is 0.102.